The lowest BCUT2D eigenvalue weighted by atomic mass is 10.1. The van der Waals surface area contributed by atoms with E-state index >= 15 is 0 Å². The Labute approximate surface area is 202 Å². The SMILES string of the molecule is Cc1oc(-c2cccs2)nc1CC(=O)N(C)Cc1cn(-c2ccccc2)nc1-c1ccccc1. The van der Waals surface area contributed by atoms with Crippen molar-refractivity contribution < 1.29 is 9.21 Å². The maximum absolute atomic E-state index is 13.1. The molecule has 7 heteroatoms. The van der Waals surface area contributed by atoms with E-state index in [0.29, 0.717) is 23.9 Å². The summed E-state index contributed by atoms with van der Waals surface area (Å²) in [4.78, 5) is 20.4. The highest BCUT2D eigenvalue weighted by Gasteiger charge is 2.20. The van der Waals surface area contributed by atoms with Gasteiger partial charge in [-0.25, -0.2) is 9.67 Å². The van der Waals surface area contributed by atoms with Crippen LogP contribution in [-0.2, 0) is 17.8 Å². The van der Waals surface area contributed by atoms with E-state index in [1.54, 1.807) is 16.2 Å². The molecule has 170 valence electrons. The van der Waals surface area contributed by atoms with E-state index in [9.17, 15) is 4.79 Å². The molecule has 0 atom stereocenters. The fourth-order valence-electron chi connectivity index (χ4n) is 3.80. The molecular weight excluding hydrogens is 444 g/mol. The number of hydrogen-bond acceptors (Lipinski definition) is 5. The van der Waals surface area contributed by atoms with Crippen molar-refractivity contribution in [3.63, 3.8) is 0 Å². The zero-order chi connectivity index (χ0) is 23.5. The number of rotatable bonds is 7. The summed E-state index contributed by atoms with van der Waals surface area (Å²) < 4.78 is 7.67. The highest BCUT2D eigenvalue weighted by Crippen LogP contribution is 2.27. The number of nitrogens with zero attached hydrogens (tertiary/aromatic N) is 4. The van der Waals surface area contributed by atoms with E-state index in [-0.39, 0.29) is 12.3 Å². The largest absolute Gasteiger partial charge is 0.440 e. The van der Waals surface area contributed by atoms with Gasteiger partial charge in [-0.2, -0.15) is 5.10 Å². The van der Waals surface area contributed by atoms with Gasteiger partial charge in [0.05, 0.1) is 28.4 Å². The number of aromatic nitrogens is 3. The van der Waals surface area contributed by atoms with Crippen molar-refractivity contribution in [1.29, 1.82) is 0 Å². The van der Waals surface area contributed by atoms with Gasteiger partial charge in [0.25, 0.3) is 0 Å². The van der Waals surface area contributed by atoms with Crippen LogP contribution in [0.1, 0.15) is 17.0 Å². The highest BCUT2D eigenvalue weighted by atomic mass is 32.1. The Morgan fingerprint density at radius 3 is 2.47 bits per heavy atom. The number of likely N-dealkylation sites (N-methyl/N-ethyl adjacent to an activating group) is 1. The topological polar surface area (TPSA) is 64.2 Å². The van der Waals surface area contributed by atoms with Crippen molar-refractivity contribution in [3.8, 4) is 27.7 Å². The zero-order valence-corrected chi connectivity index (χ0v) is 19.8. The molecule has 0 saturated heterocycles. The van der Waals surface area contributed by atoms with Crippen LogP contribution < -0.4 is 0 Å². The molecule has 0 radical (unpaired) electrons. The van der Waals surface area contributed by atoms with Crippen LogP contribution >= 0.6 is 11.3 Å². The van der Waals surface area contributed by atoms with Crippen LogP contribution in [0.25, 0.3) is 27.7 Å². The van der Waals surface area contributed by atoms with Gasteiger partial charge in [-0.05, 0) is 30.5 Å². The van der Waals surface area contributed by atoms with Crippen molar-refractivity contribution in [2.45, 2.75) is 19.9 Å². The van der Waals surface area contributed by atoms with E-state index in [2.05, 4.69) is 4.98 Å². The van der Waals surface area contributed by atoms with Crippen LogP contribution in [0.2, 0.25) is 0 Å². The molecule has 0 fully saturated rings. The number of para-hydroxylation sites is 1. The molecule has 2 aromatic carbocycles. The number of thiophene rings is 1. The van der Waals surface area contributed by atoms with E-state index in [1.807, 2.05) is 103 Å². The van der Waals surface area contributed by atoms with Crippen LogP contribution in [0.3, 0.4) is 0 Å². The molecule has 34 heavy (non-hydrogen) atoms. The number of oxazole rings is 1. The lowest BCUT2D eigenvalue weighted by molar-refractivity contribution is -0.129. The lowest BCUT2D eigenvalue weighted by Gasteiger charge is -2.16. The Bertz CT molecular complexity index is 1390. The van der Waals surface area contributed by atoms with Crippen LogP contribution in [0.5, 0.6) is 0 Å². The van der Waals surface area contributed by atoms with Gasteiger partial charge < -0.3 is 9.32 Å². The average Bonchev–Trinajstić information content (AvgIpc) is 3.61. The van der Waals surface area contributed by atoms with Crippen LogP contribution in [0.15, 0.2) is 88.8 Å². The summed E-state index contributed by atoms with van der Waals surface area (Å²) in [5, 5.41) is 6.83. The van der Waals surface area contributed by atoms with Crippen molar-refractivity contribution >= 4 is 17.2 Å². The van der Waals surface area contributed by atoms with E-state index in [0.717, 1.165) is 27.4 Å². The van der Waals surface area contributed by atoms with E-state index < -0.39 is 0 Å². The number of amides is 1. The number of aryl methyl sites for hydroxylation is 1. The summed E-state index contributed by atoms with van der Waals surface area (Å²) in [6.07, 6.45) is 2.18. The van der Waals surface area contributed by atoms with E-state index in [4.69, 9.17) is 9.52 Å². The fraction of sp³-hybridized carbons (Fsp3) is 0.148. The molecule has 0 aliphatic rings. The van der Waals surface area contributed by atoms with Crippen LogP contribution in [-0.4, -0.2) is 32.6 Å². The molecule has 5 aromatic rings. The molecule has 3 aromatic heterocycles. The van der Waals surface area contributed by atoms with Gasteiger partial charge in [-0.1, -0.05) is 54.6 Å². The summed E-state index contributed by atoms with van der Waals surface area (Å²) in [5.41, 5.74) is 4.49. The Balaban J connectivity index is 1.38. The first-order chi connectivity index (χ1) is 16.6. The van der Waals surface area contributed by atoms with Crippen molar-refractivity contribution in [2.24, 2.45) is 0 Å². The summed E-state index contributed by atoms with van der Waals surface area (Å²) in [5.74, 6) is 1.21. The molecular formula is C27H24N4O2S. The minimum Gasteiger partial charge on any atom is -0.440 e. The fourth-order valence-corrected chi connectivity index (χ4v) is 4.45. The standard InChI is InChI=1S/C27H24N4O2S/c1-19-23(28-27(33-19)24-14-9-15-34-24)16-25(32)30(2)17-21-18-31(22-12-7-4-8-13-22)29-26(21)20-10-5-3-6-11-20/h3-15,18H,16-17H2,1-2H3. The second-order valence-electron chi connectivity index (χ2n) is 8.07. The Morgan fingerprint density at radius 2 is 1.76 bits per heavy atom. The number of hydrogen-bond donors (Lipinski definition) is 0. The summed E-state index contributed by atoms with van der Waals surface area (Å²) in [6, 6.07) is 23.9. The molecule has 0 spiro atoms. The third kappa shape index (κ3) is 4.56. The van der Waals surface area contributed by atoms with Crippen LogP contribution in [0.4, 0.5) is 0 Å². The molecule has 0 aliphatic carbocycles. The van der Waals surface area contributed by atoms with Gasteiger partial charge in [0.15, 0.2) is 0 Å². The highest BCUT2D eigenvalue weighted by molar-refractivity contribution is 7.13. The summed E-state index contributed by atoms with van der Waals surface area (Å²) >= 11 is 1.56. The van der Waals surface area contributed by atoms with Crippen molar-refractivity contribution in [1.82, 2.24) is 19.7 Å². The third-order valence-electron chi connectivity index (χ3n) is 5.63. The molecule has 5 rings (SSSR count). The number of carbonyl (C=O) groups is 1. The molecule has 0 bridgehead atoms. The van der Waals surface area contributed by atoms with Gasteiger partial charge >= 0.3 is 0 Å². The molecule has 1 amide bonds. The van der Waals surface area contributed by atoms with Gasteiger partial charge in [-0.15, -0.1) is 11.3 Å². The molecule has 0 unspecified atom stereocenters. The lowest BCUT2D eigenvalue weighted by Crippen LogP contribution is -2.28. The number of carbonyl (C=O) groups excluding carboxylic acids is 1. The zero-order valence-electron chi connectivity index (χ0n) is 19.0. The second-order valence-corrected chi connectivity index (χ2v) is 9.02. The molecule has 3 heterocycles. The van der Waals surface area contributed by atoms with Gasteiger partial charge in [0.1, 0.15) is 5.76 Å². The average molecular weight is 469 g/mol. The smallest absolute Gasteiger partial charge is 0.236 e. The minimum atomic E-state index is -0.0272. The predicted molar refractivity (Wildman–Crippen MR) is 134 cm³/mol. The van der Waals surface area contributed by atoms with Crippen molar-refractivity contribution in [3.05, 3.63) is 101 Å². The van der Waals surface area contributed by atoms with Crippen LogP contribution in [0, 0.1) is 6.92 Å². The maximum atomic E-state index is 13.1. The van der Waals surface area contributed by atoms with Gasteiger partial charge in [0.2, 0.25) is 11.8 Å². The Morgan fingerprint density at radius 1 is 1.03 bits per heavy atom. The monoisotopic (exact) mass is 468 g/mol. The summed E-state index contributed by atoms with van der Waals surface area (Å²) in [7, 11) is 1.81. The first-order valence-electron chi connectivity index (χ1n) is 11.0. The second kappa shape index (κ2) is 9.49. The third-order valence-corrected chi connectivity index (χ3v) is 6.49. The molecule has 0 N–H and O–H groups in total. The molecule has 0 aliphatic heterocycles. The Hall–Kier alpha value is -3.97. The first-order valence-corrected chi connectivity index (χ1v) is 11.9. The number of benzene rings is 2. The molecule has 6 nitrogen and oxygen atoms in total. The Kier molecular flexibility index (Phi) is 6.10. The van der Waals surface area contributed by atoms with Gasteiger partial charge in [-0.3, -0.25) is 4.79 Å². The first kappa shape index (κ1) is 21.9. The minimum absolute atomic E-state index is 0.0272. The van der Waals surface area contributed by atoms with Crippen molar-refractivity contribution in [2.75, 3.05) is 7.05 Å². The normalized spacial score (nSPS) is 11.0. The predicted octanol–water partition coefficient (Wildman–Crippen LogP) is 5.77. The maximum Gasteiger partial charge on any atom is 0.236 e. The summed E-state index contributed by atoms with van der Waals surface area (Å²) in [6.45, 7) is 2.29. The quantitative estimate of drug-likeness (QED) is 0.304. The van der Waals surface area contributed by atoms with Gasteiger partial charge in [0, 0.05) is 30.9 Å². The molecule has 0 saturated carbocycles. The van der Waals surface area contributed by atoms with E-state index in [1.165, 1.54) is 0 Å².